The minimum absolute atomic E-state index is 0.0455. The largest absolute Gasteiger partial charge is 0.411 e. The lowest BCUT2D eigenvalue weighted by Gasteiger charge is -2.29. The van der Waals surface area contributed by atoms with Gasteiger partial charge in [0.25, 0.3) is 5.91 Å². The molecule has 0 radical (unpaired) electrons. The molecule has 0 aliphatic heterocycles. The van der Waals surface area contributed by atoms with Gasteiger partial charge in [-0.05, 0) is 31.7 Å². The van der Waals surface area contributed by atoms with Crippen LogP contribution in [0.25, 0.3) is 11.4 Å². The van der Waals surface area contributed by atoms with E-state index in [2.05, 4.69) is 20.3 Å². The van der Waals surface area contributed by atoms with Crippen LogP contribution in [-0.4, -0.2) is 50.4 Å². The molecule has 0 aromatic carbocycles. The molecule has 0 atom stereocenters. The fourth-order valence-corrected chi connectivity index (χ4v) is 3.05. The van der Waals surface area contributed by atoms with Crippen molar-refractivity contribution in [2.45, 2.75) is 44.0 Å². The molecule has 1 amide bonds. The predicted molar refractivity (Wildman–Crippen MR) is 89.8 cm³/mol. The lowest BCUT2D eigenvalue weighted by atomic mass is 9.93. The van der Waals surface area contributed by atoms with Crippen LogP contribution in [0.1, 0.15) is 36.3 Å². The summed E-state index contributed by atoms with van der Waals surface area (Å²) in [6.07, 6.45) is 2.08. The highest BCUT2D eigenvalue weighted by Gasteiger charge is 2.31. The molecule has 0 saturated heterocycles. The maximum Gasteiger partial charge on any atom is 0.411 e. The van der Waals surface area contributed by atoms with Gasteiger partial charge >= 0.3 is 6.18 Å². The predicted octanol–water partition coefficient (Wildman–Crippen LogP) is 2.50. The van der Waals surface area contributed by atoms with Crippen LogP contribution in [0.5, 0.6) is 0 Å². The van der Waals surface area contributed by atoms with Crippen LogP contribution in [0.4, 0.5) is 13.2 Å². The molecule has 2 heterocycles. The summed E-state index contributed by atoms with van der Waals surface area (Å²) < 4.78 is 43.3. The molecule has 0 spiro atoms. The van der Waals surface area contributed by atoms with Gasteiger partial charge in [-0.1, -0.05) is 0 Å². The molecule has 1 aliphatic rings. The van der Waals surface area contributed by atoms with E-state index in [9.17, 15) is 18.0 Å². The molecule has 1 N–H and O–H groups in total. The summed E-state index contributed by atoms with van der Waals surface area (Å²) in [4.78, 5) is 24.7. The zero-order chi connectivity index (χ0) is 19.4. The van der Waals surface area contributed by atoms with E-state index in [0.29, 0.717) is 31.4 Å². The van der Waals surface area contributed by atoms with Crippen LogP contribution >= 0.6 is 0 Å². The highest BCUT2D eigenvalue weighted by atomic mass is 19.4. The lowest BCUT2D eigenvalue weighted by molar-refractivity contribution is -0.188. The van der Waals surface area contributed by atoms with Crippen molar-refractivity contribution in [2.75, 3.05) is 6.61 Å². The summed E-state index contributed by atoms with van der Waals surface area (Å²) in [6, 6.07) is 1.56. The molecule has 0 bridgehead atoms. The first-order chi connectivity index (χ1) is 12.8. The number of hydrogen-bond acceptors (Lipinski definition) is 5. The number of halogens is 3. The third-order valence-corrected chi connectivity index (χ3v) is 4.43. The molecule has 1 saturated carbocycles. The van der Waals surface area contributed by atoms with E-state index < -0.39 is 24.8 Å². The van der Waals surface area contributed by atoms with Gasteiger partial charge in [-0.25, -0.2) is 15.0 Å². The number of ether oxygens (including phenoxy) is 1. The van der Waals surface area contributed by atoms with Crippen LogP contribution in [0.15, 0.2) is 24.8 Å². The van der Waals surface area contributed by atoms with Gasteiger partial charge in [0.2, 0.25) is 5.82 Å². The van der Waals surface area contributed by atoms with Crippen LogP contribution in [0.3, 0.4) is 0 Å². The van der Waals surface area contributed by atoms with Crippen molar-refractivity contribution in [2.24, 2.45) is 7.05 Å². The second-order valence-electron chi connectivity index (χ2n) is 6.53. The van der Waals surface area contributed by atoms with Gasteiger partial charge in [0.1, 0.15) is 6.61 Å². The quantitative estimate of drug-likeness (QED) is 0.858. The van der Waals surface area contributed by atoms with Crippen molar-refractivity contribution in [3.8, 4) is 11.4 Å². The Morgan fingerprint density at radius 1 is 1.33 bits per heavy atom. The van der Waals surface area contributed by atoms with E-state index in [-0.39, 0.29) is 11.9 Å². The first kappa shape index (κ1) is 19.3. The highest BCUT2D eigenvalue weighted by molar-refractivity contribution is 5.91. The first-order valence-corrected chi connectivity index (χ1v) is 8.61. The standard InChI is InChI=1S/C17H20F3N5O2/c1-25-10-21-8-14(25)13-6-7-22-15(24-13)16(26)23-11-2-4-12(5-3-11)27-9-17(18,19)20/h6-8,10-12H,2-5,9H2,1H3,(H,23,26). The average Bonchev–Trinajstić information content (AvgIpc) is 3.06. The normalized spacial score (nSPS) is 20.4. The SMILES string of the molecule is Cn1cncc1-c1ccnc(C(=O)NC2CCC(OCC(F)(F)F)CC2)n1. The number of alkyl halides is 3. The second kappa shape index (κ2) is 8.03. The summed E-state index contributed by atoms with van der Waals surface area (Å²) in [7, 11) is 1.82. The van der Waals surface area contributed by atoms with Gasteiger partial charge in [0, 0.05) is 19.3 Å². The Balaban J connectivity index is 1.54. The molecule has 7 nitrogen and oxygen atoms in total. The summed E-state index contributed by atoms with van der Waals surface area (Å²) in [5.41, 5.74) is 1.34. The van der Waals surface area contributed by atoms with Crippen molar-refractivity contribution in [3.63, 3.8) is 0 Å². The number of carbonyl (C=O) groups is 1. The van der Waals surface area contributed by atoms with E-state index in [0.717, 1.165) is 5.69 Å². The van der Waals surface area contributed by atoms with Crippen molar-refractivity contribution < 1.29 is 22.7 Å². The number of hydrogen-bond donors (Lipinski definition) is 1. The smallest absolute Gasteiger partial charge is 0.369 e. The van der Waals surface area contributed by atoms with Gasteiger partial charge in [-0.3, -0.25) is 4.79 Å². The molecule has 2 aromatic heterocycles. The third-order valence-electron chi connectivity index (χ3n) is 4.43. The molecule has 146 valence electrons. The molecular weight excluding hydrogens is 363 g/mol. The number of imidazole rings is 1. The Bertz CT molecular complexity index is 785. The molecular formula is C17H20F3N5O2. The number of rotatable bonds is 5. The molecule has 2 aromatic rings. The van der Waals surface area contributed by atoms with Gasteiger partial charge < -0.3 is 14.6 Å². The van der Waals surface area contributed by atoms with E-state index in [1.165, 1.54) is 6.20 Å². The number of aromatic nitrogens is 4. The number of aryl methyl sites for hydroxylation is 1. The zero-order valence-electron chi connectivity index (χ0n) is 14.7. The van der Waals surface area contributed by atoms with Crippen LogP contribution in [0.2, 0.25) is 0 Å². The molecule has 0 unspecified atom stereocenters. The Hall–Kier alpha value is -2.49. The molecule has 1 fully saturated rings. The Labute approximate surface area is 154 Å². The van der Waals surface area contributed by atoms with Gasteiger partial charge in [-0.15, -0.1) is 0 Å². The fraction of sp³-hybridized carbons (Fsp3) is 0.529. The van der Waals surface area contributed by atoms with E-state index in [1.54, 1.807) is 23.2 Å². The minimum atomic E-state index is -4.32. The third kappa shape index (κ3) is 5.25. The Morgan fingerprint density at radius 3 is 2.70 bits per heavy atom. The lowest BCUT2D eigenvalue weighted by Crippen LogP contribution is -2.40. The summed E-state index contributed by atoms with van der Waals surface area (Å²) >= 11 is 0. The summed E-state index contributed by atoms with van der Waals surface area (Å²) in [6.45, 7) is -1.23. The number of carbonyl (C=O) groups excluding carboxylic acids is 1. The topological polar surface area (TPSA) is 81.9 Å². The second-order valence-corrected chi connectivity index (χ2v) is 6.53. The zero-order valence-corrected chi connectivity index (χ0v) is 14.7. The summed E-state index contributed by atoms with van der Waals surface area (Å²) in [5, 5.41) is 2.85. The molecule has 27 heavy (non-hydrogen) atoms. The molecule has 3 rings (SSSR count). The Kier molecular flexibility index (Phi) is 5.73. The van der Waals surface area contributed by atoms with Gasteiger partial charge in [0.15, 0.2) is 0 Å². The van der Waals surface area contributed by atoms with Crippen LogP contribution < -0.4 is 5.32 Å². The van der Waals surface area contributed by atoms with Crippen LogP contribution in [-0.2, 0) is 11.8 Å². The summed E-state index contributed by atoms with van der Waals surface area (Å²) in [5.74, 6) is -0.358. The van der Waals surface area contributed by atoms with Crippen molar-refractivity contribution in [1.82, 2.24) is 24.8 Å². The monoisotopic (exact) mass is 383 g/mol. The van der Waals surface area contributed by atoms with Crippen LogP contribution in [0, 0.1) is 0 Å². The van der Waals surface area contributed by atoms with E-state index in [4.69, 9.17) is 4.74 Å². The number of nitrogens with one attached hydrogen (secondary N) is 1. The van der Waals surface area contributed by atoms with E-state index in [1.807, 2.05) is 7.05 Å². The average molecular weight is 383 g/mol. The Morgan fingerprint density at radius 2 is 2.07 bits per heavy atom. The van der Waals surface area contributed by atoms with Crippen molar-refractivity contribution in [1.29, 1.82) is 0 Å². The van der Waals surface area contributed by atoms with E-state index >= 15 is 0 Å². The number of nitrogens with zero attached hydrogens (tertiary/aromatic N) is 4. The van der Waals surface area contributed by atoms with Gasteiger partial charge in [-0.2, -0.15) is 13.2 Å². The molecule has 1 aliphatic carbocycles. The maximum absolute atomic E-state index is 12.4. The first-order valence-electron chi connectivity index (χ1n) is 8.61. The maximum atomic E-state index is 12.4. The minimum Gasteiger partial charge on any atom is -0.369 e. The van der Waals surface area contributed by atoms with Crippen molar-refractivity contribution >= 4 is 5.91 Å². The molecule has 10 heteroatoms. The van der Waals surface area contributed by atoms with Gasteiger partial charge in [0.05, 0.1) is 30.0 Å². The van der Waals surface area contributed by atoms with Crippen molar-refractivity contribution in [3.05, 3.63) is 30.6 Å². The highest BCUT2D eigenvalue weighted by Crippen LogP contribution is 2.24. The number of amides is 1. The fourth-order valence-electron chi connectivity index (χ4n) is 3.05.